The molecule has 3 rings (SSSR count). The molecule has 1 aromatic carbocycles. The Labute approximate surface area is 118 Å². The van der Waals surface area contributed by atoms with E-state index in [1.807, 2.05) is 0 Å². The average molecular weight is 289 g/mol. The van der Waals surface area contributed by atoms with E-state index in [4.69, 9.17) is 9.84 Å². The van der Waals surface area contributed by atoms with Crippen LogP contribution in [0.4, 0.5) is 5.95 Å². The van der Waals surface area contributed by atoms with Crippen LogP contribution in [-0.4, -0.2) is 43.5 Å². The monoisotopic (exact) mass is 289 g/mol. The third-order valence-electron chi connectivity index (χ3n) is 3.10. The number of carbonyl (C=O) groups is 1. The van der Waals surface area contributed by atoms with Crippen LogP contribution in [0.15, 0.2) is 30.0 Å². The van der Waals surface area contributed by atoms with E-state index >= 15 is 0 Å². The number of hydrogen-bond acceptors (Lipinski definition) is 7. The lowest BCUT2D eigenvalue weighted by molar-refractivity contribution is -0.132. The Balaban J connectivity index is 2.10. The number of rotatable bonds is 3. The minimum absolute atomic E-state index is 0.00504. The van der Waals surface area contributed by atoms with Gasteiger partial charge in [-0.1, -0.05) is 11.2 Å². The van der Waals surface area contributed by atoms with Crippen LogP contribution in [0.25, 0.3) is 0 Å². The SMILES string of the molecule is COc1cc([C@H]2C=C(C(=O)O)Nc3nnnn32)ccc1O. The van der Waals surface area contributed by atoms with Crippen molar-refractivity contribution in [3.05, 3.63) is 35.5 Å². The summed E-state index contributed by atoms with van der Waals surface area (Å²) in [5, 5.41) is 32.5. The molecule has 9 heteroatoms. The fourth-order valence-corrected chi connectivity index (χ4v) is 2.09. The van der Waals surface area contributed by atoms with Gasteiger partial charge in [-0.3, -0.25) is 0 Å². The lowest BCUT2D eigenvalue weighted by Gasteiger charge is -2.21. The van der Waals surface area contributed by atoms with Crippen LogP contribution >= 0.6 is 0 Å². The van der Waals surface area contributed by atoms with E-state index in [0.29, 0.717) is 5.56 Å². The van der Waals surface area contributed by atoms with Gasteiger partial charge in [0.25, 0.3) is 0 Å². The van der Waals surface area contributed by atoms with Crippen LogP contribution in [0.2, 0.25) is 0 Å². The standard InChI is InChI=1S/C12H11N5O4/c1-21-10-4-6(2-3-9(10)18)8-5-7(11(19)20)13-12-14-15-16-17(8)12/h2-5,8,18H,1H3,(H,19,20)(H,13,14,16)/t8-/m1/s1. The van der Waals surface area contributed by atoms with Gasteiger partial charge in [0, 0.05) is 0 Å². The number of carboxylic acids is 1. The van der Waals surface area contributed by atoms with Crippen molar-refractivity contribution in [1.82, 2.24) is 20.2 Å². The number of hydrogen-bond donors (Lipinski definition) is 3. The molecule has 0 bridgehead atoms. The molecule has 0 unspecified atom stereocenters. The third-order valence-corrected chi connectivity index (χ3v) is 3.10. The van der Waals surface area contributed by atoms with E-state index < -0.39 is 12.0 Å². The summed E-state index contributed by atoms with van der Waals surface area (Å²) in [7, 11) is 1.43. The number of phenolic OH excluding ortho intramolecular Hbond substituents is 1. The van der Waals surface area contributed by atoms with Gasteiger partial charge in [-0.2, -0.15) is 4.68 Å². The number of aromatic nitrogens is 4. The molecule has 2 aromatic rings. The van der Waals surface area contributed by atoms with Crippen molar-refractivity contribution < 1.29 is 19.7 Å². The number of aliphatic carboxylic acids is 1. The number of anilines is 1. The zero-order valence-corrected chi connectivity index (χ0v) is 10.9. The third kappa shape index (κ3) is 2.14. The molecule has 1 aromatic heterocycles. The summed E-state index contributed by atoms with van der Waals surface area (Å²) in [5.41, 5.74) is 0.660. The quantitative estimate of drug-likeness (QED) is 0.740. The van der Waals surface area contributed by atoms with Crippen molar-refractivity contribution in [3.8, 4) is 11.5 Å². The molecule has 3 N–H and O–H groups in total. The highest BCUT2D eigenvalue weighted by molar-refractivity contribution is 5.90. The Hall–Kier alpha value is -3.10. The first kappa shape index (κ1) is 12.9. The summed E-state index contributed by atoms with van der Waals surface area (Å²) in [6.07, 6.45) is 1.48. The summed E-state index contributed by atoms with van der Waals surface area (Å²) < 4.78 is 6.50. The van der Waals surface area contributed by atoms with Crippen molar-refractivity contribution in [2.24, 2.45) is 0 Å². The van der Waals surface area contributed by atoms with E-state index in [0.717, 1.165) is 0 Å². The van der Waals surface area contributed by atoms with Crippen LogP contribution in [0.5, 0.6) is 11.5 Å². The number of aromatic hydroxyl groups is 1. The Morgan fingerprint density at radius 1 is 1.48 bits per heavy atom. The van der Waals surface area contributed by atoms with Crippen LogP contribution in [0, 0.1) is 0 Å². The maximum atomic E-state index is 11.2. The lowest BCUT2D eigenvalue weighted by atomic mass is 10.0. The summed E-state index contributed by atoms with van der Waals surface area (Å²) in [5.74, 6) is -0.604. The maximum absolute atomic E-state index is 11.2. The molecule has 0 aliphatic carbocycles. The summed E-state index contributed by atoms with van der Waals surface area (Å²) >= 11 is 0. The van der Waals surface area contributed by atoms with Gasteiger partial charge in [0.2, 0.25) is 5.95 Å². The van der Waals surface area contributed by atoms with Crippen molar-refractivity contribution in [2.75, 3.05) is 12.4 Å². The first-order chi connectivity index (χ1) is 10.1. The number of carboxylic acid groups (broad SMARTS) is 1. The molecule has 1 atom stereocenters. The van der Waals surface area contributed by atoms with Gasteiger partial charge in [0.05, 0.1) is 7.11 Å². The highest BCUT2D eigenvalue weighted by Crippen LogP contribution is 2.33. The Bertz CT molecular complexity index is 739. The molecule has 2 heterocycles. The molecular formula is C12H11N5O4. The highest BCUT2D eigenvalue weighted by atomic mass is 16.5. The maximum Gasteiger partial charge on any atom is 0.352 e. The molecular weight excluding hydrogens is 278 g/mol. The zero-order chi connectivity index (χ0) is 15.0. The topological polar surface area (TPSA) is 122 Å². The van der Waals surface area contributed by atoms with Gasteiger partial charge >= 0.3 is 5.97 Å². The number of nitrogens with zero attached hydrogens (tertiary/aromatic N) is 4. The minimum Gasteiger partial charge on any atom is -0.504 e. The summed E-state index contributed by atoms with van der Waals surface area (Å²) in [4.78, 5) is 11.2. The number of allylic oxidation sites excluding steroid dienone is 1. The van der Waals surface area contributed by atoms with Crippen molar-refractivity contribution in [1.29, 1.82) is 0 Å². The largest absolute Gasteiger partial charge is 0.504 e. The van der Waals surface area contributed by atoms with Gasteiger partial charge in [0.1, 0.15) is 11.7 Å². The number of tetrazole rings is 1. The first-order valence-electron chi connectivity index (χ1n) is 5.97. The molecule has 21 heavy (non-hydrogen) atoms. The lowest BCUT2D eigenvalue weighted by Crippen LogP contribution is -2.24. The van der Waals surface area contributed by atoms with E-state index in [9.17, 15) is 9.90 Å². The molecule has 9 nitrogen and oxygen atoms in total. The Morgan fingerprint density at radius 3 is 3.00 bits per heavy atom. The first-order valence-corrected chi connectivity index (χ1v) is 5.97. The van der Waals surface area contributed by atoms with E-state index in [-0.39, 0.29) is 23.1 Å². The molecule has 0 spiro atoms. The average Bonchev–Trinajstić information content (AvgIpc) is 2.95. The van der Waals surface area contributed by atoms with Crippen molar-refractivity contribution in [3.63, 3.8) is 0 Å². The van der Waals surface area contributed by atoms with E-state index in [2.05, 4.69) is 20.8 Å². The summed E-state index contributed by atoms with van der Waals surface area (Å²) in [6.45, 7) is 0. The predicted octanol–water partition coefficient (Wildman–Crippen LogP) is 0.371. The van der Waals surface area contributed by atoms with E-state index in [1.54, 1.807) is 12.1 Å². The van der Waals surface area contributed by atoms with Crippen molar-refractivity contribution >= 4 is 11.9 Å². The molecule has 0 fully saturated rings. The van der Waals surface area contributed by atoms with Gasteiger partial charge in [0.15, 0.2) is 11.5 Å². The number of benzene rings is 1. The minimum atomic E-state index is -1.11. The Kier molecular flexibility index (Phi) is 2.94. The van der Waals surface area contributed by atoms with Crippen LogP contribution < -0.4 is 10.1 Å². The van der Waals surface area contributed by atoms with E-state index in [1.165, 1.54) is 23.9 Å². The fraction of sp³-hybridized carbons (Fsp3) is 0.167. The zero-order valence-electron chi connectivity index (χ0n) is 10.9. The van der Waals surface area contributed by atoms with Crippen LogP contribution in [0.3, 0.4) is 0 Å². The molecule has 1 aliphatic rings. The number of fused-ring (bicyclic) bond motifs is 1. The highest BCUT2D eigenvalue weighted by Gasteiger charge is 2.26. The molecule has 0 radical (unpaired) electrons. The fourth-order valence-electron chi connectivity index (χ4n) is 2.09. The normalized spacial score (nSPS) is 16.6. The Morgan fingerprint density at radius 2 is 2.29 bits per heavy atom. The number of phenols is 1. The predicted molar refractivity (Wildman–Crippen MR) is 70.0 cm³/mol. The molecule has 0 saturated carbocycles. The van der Waals surface area contributed by atoms with Gasteiger partial charge in [-0.15, -0.1) is 0 Å². The number of ether oxygens (including phenoxy) is 1. The van der Waals surface area contributed by atoms with Crippen LogP contribution in [0.1, 0.15) is 11.6 Å². The number of nitrogens with one attached hydrogen (secondary N) is 1. The summed E-state index contributed by atoms with van der Waals surface area (Å²) in [6, 6.07) is 4.20. The van der Waals surface area contributed by atoms with Gasteiger partial charge in [-0.05, 0) is 34.2 Å². The molecule has 1 aliphatic heterocycles. The van der Waals surface area contributed by atoms with Gasteiger partial charge < -0.3 is 20.3 Å². The second-order valence-electron chi connectivity index (χ2n) is 4.33. The van der Waals surface area contributed by atoms with Gasteiger partial charge in [-0.25, -0.2) is 4.79 Å². The molecule has 0 amide bonds. The molecule has 0 saturated heterocycles. The number of methoxy groups -OCH3 is 1. The second-order valence-corrected chi connectivity index (χ2v) is 4.33. The van der Waals surface area contributed by atoms with Crippen molar-refractivity contribution in [2.45, 2.75) is 6.04 Å². The second kappa shape index (κ2) is 4.78. The smallest absolute Gasteiger partial charge is 0.352 e. The molecule has 108 valence electrons. The van der Waals surface area contributed by atoms with Crippen LogP contribution in [-0.2, 0) is 4.79 Å².